The van der Waals surface area contributed by atoms with Gasteiger partial charge in [0.2, 0.25) is 0 Å². The quantitative estimate of drug-likeness (QED) is 0.856. The van der Waals surface area contributed by atoms with Gasteiger partial charge in [-0.15, -0.1) is 0 Å². The number of hydrogen-bond donors (Lipinski definition) is 0. The summed E-state index contributed by atoms with van der Waals surface area (Å²) in [7, 11) is 0. The van der Waals surface area contributed by atoms with Gasteiger partial charge < -0.3 is 9.80 Å². The van der Waals surface area contributed by atoms with Crippen LogP contribution >= 0.6 is 0 Å². The van der Waals surface area contributed by atoms with E-state index >= 15 is 0 Å². The molecule has 4 rings (SSSR count). The largest absolute Gasteiger partial charge is 0.357 e. The number of carbonyl (C=O) groups is 1. The second-order valence-corrected chi connectivity index (χ2v) is 6.29. The van der Waals surface area contributed by atoms with E-state index < -0.39 is 0 Å². The lowest BCUT2D eigenvalue weighted by Gasteiger charge is -2.40. The molecule has 0 aliphatic carbocycles. The molecule has 7 heteroatoms. The van der Waals surface area contributed by atoms with E-state index in [0.717, 1.165) is 43.4 Å². The molecule has 0 aromatic carbocycles. The average Bonchev–Trinajstić information content (AvgIpc) is 3.08. The number of anilines is 1. The number of nitrogens with zero attached hydrogens (tertiary/aromatic N) is 6. The van der Waals surface area contributed by atoms with Gasteiger partial charge >= 0.3 is 0 Å². The van der Waals surface area contributed by atoms with E-state index in [0.29, 0.717) is 5.69 Å². The monoisotopic (exact) mass is 324 g/mol. The molecule has 24 heavy (non-hydrogen) atoms. The van der Waals surface area contributed by atoms with Crippen molar-refractivity contribution >= 4 is 11.7 Å². The Kier molecular flexibility index (Phi) is 3.84. The van der Waals surface area contributed by atoms with Gasteiger partial charge in [-0.3, -0.25) is 9.78 Å². The second kappa shape index (κ2) is 6.14. The summed E-state index contributed by atoms with van der Waals surface area (Å²) in [6, 6.07) is 2.04. The van der Waals surface area contributed by atoms with Crippen molar-refractivity contribution in [1.82, 2.24) is 24.8 Å². The number of hydrogen-bond acceptors (Lipinski definition) is 6. The van der Waals surface area contributed by atoms with Gasteiger partial charge in [-0.1, -0.05) is 0 Å². The summed E-state index contributed by atoms with van der Waals surface area (Å²) in [6.45, 7) is 4.73. The number of likely N-dealkylation sites (tertiary alicyclic amines) is 1. The van der Waals surface area contributed by atoms with Gasteiger partial charge in [0.15, 0.2) is 0 Å². The van der Waals surface area contributed by atoms with E-state index in [2.05, 4.69) is 24.8 Å². The highest BCUT2D eigenvalue weighted by molar-refractivity contribution is 5.92. The minimum Gasteiger partial charge on any atom is -0.357 e. The van der Waals surface area contributed by atoms with Crippen LogP contribution < -0.4 is 4.90 Å². The summed E-state index contributed by atoms with van der Waals surface area (Å²) in [4.78, 5) is 34.0. The predicted octanol–water partition coefficient (Wildman–Crippen LogP) is 1.76. The standard InChI is InChI=1S/C17H20N6O/c1-12-20-13(10-16(21-12)22-7-2-3-8-22)15-4-9-23(15)17(24)14-11-18-5-6-19-14/h5-6,10-11,15H,2-4,7-9H2,1H3/t15-/m1/s1. The SMILES string of the molecule is Cc1nc([C@H]2CCN2C(=O)c2cnccn2)cc(N2CCCC2)n1. The fourth-order valence-electron chi connectivity index (χ4n) is 3.35. The highest BCUT2D eigenvalue weighted by Gasteiger charge is 2.36. The van der Waals surface area contributed by atoms with Crippen LogP contribution in [-0.2, 0) is 0 Å². The lowest BCUT2D eigenvalue weighted by atomic mass is 9.98. The molecule has 0 unspecified atom stereocenters. The summed E-state index contributed by atoms with van der Waals surface area (Å²) in [6.07, 6.45) is 7.96. The minimum absolute atomic E-state index is 0.00237. The molecule has 2 aromatic heterocycles. The average molecular weight is 324 g/mol. The molecule has 124 valence electrons. The molecular formula is C17H20N6O. The minimum atomic E-state index is -0.0849. The molecule has 1 amide bonds. The maximum Gasteiger partial charge on any atom is 0.274 e. The number of rotatable bonds is 3. The van der Waals surface area contributed by atoms with E-state index in [1.165, 1.54) is 19.0 Å². The van der Waals surface area contributed by atoms with Crippen molar-refractivity contribution in [3.63, 3.8) is 0 Å². The number of aryl methyl sites for hydroxylation is 1. The summed E-state index contributed by atoms with van der Waals surface area (Å²) < 4.78 is 0. The summed E-state index contributed by atoms with van der Waals surface area (Å²) in [5, 5.41) is 0. The van der Waals surface area contributed by atoms with Gasteiger partial charge in [0.05, 0.1) is 17.9 Å². The van der Waals surface area contributed by atoms with Gasteiger partial charge in [-0.2, -0.15) is 0 Å². The van der Waals surface area contributed by atoms with E-state index in [1.807, 2.05) is 17.9 Å². The zero-order valence-corrected chi connectivity index (χ0v) is 13.7. The van der Waals surface area contributed by atoms with Gasteiger partial charge in [0.25, 0.3) is 5.91 Å². The van der Waals surface area contributed by atoms with Crippen LogP contribution in [0.1, 0.15) is 47.3 Å². The number of amides is 1. The molecule has 7 nitrogen and oxygen atoms in total. The van der Waals surface area contributed by atoms with Crippen LogP contribution in [-0.4, -0.2) is 50.4 Å². The van der Waals surface area contributed by atoms with E-state index in [1.54, 1.807) is 12.4 Å². The molecule has 0 bridgehead atoms. The van der Waals surface area contributed by atoms with Crippen molar-refractivity contribution < 1.29 is 4.79 Å². The Morgan fingerprint density at radius 3 is 2.67 bits per heavy atom. The first-order valence-corrected chi connectivity index (χ1v) is 8.40. The van der Waals surface area contributed by atoms with Gasteiger partial charge in [0, 0.05) is 38.1 Å². The molecular weight excluding hydrogens is 304 g/mol. The molecule has 0 saturated carbocycles. The van der Waals surface area contributed by atoms with Crippen LogP contribution in [0.2, 0.25) is 0 Å². The molecule has 2 aliphatic rings. The zero-order valence-electron chi connectivity index (χ0n) is 13.7. The topological polar surface area (TPSA) is 75.1 Å². The summed E-state index contributed by atoms with van der Waals surface area (Å²) in [5.74, 6) is 1.65. The first-order chi connectivity index (χ1) is 11.7. The van der Waals surface area contributed by atoms with Crippen LogP contribution in [0.3, 0.4) is 0 Å². The van der Waals surface area contributed by atoms with E-state index in [4.69, 9.17) is 0 Å². The van der Waals surface area contributed by atoms with Crippen LogP contribution in [0, 0.1) is 6.92 Å². The van der Waals surface area contributed by atoms with Gasteiger partial charge in [-0.05, 0) is 26.2 Å². The normalized spacial score (nSPS) is 20.1. The Hall–Kier alpha value is -2.57. The van der Waals surface area contributed by atoms with Crippen molar-refractivity contribution in [3.8, 4) is 0 Å². The van der Waals surface area contributed by atoms with Crippen molar-refractivity contribution in [2.24, 2.45) is 0 Å². The van der Waals surface area contributed by atoms with Crippen LogP contribution in [0.5, 0.6) is 0 Å². The first-order valence-electron chi connectivity index (χ1n) is 8.40. The molecule has 2 fully saturated rings. The second-order valence-electron chi connectivity index (χ2n) is 6.29. The van der Waals surface area contributed by atoms with Crippen molar-refractivity contribution in [3.05, 3.63) is 41.9 Å². The third kappa shape index (κ3) is 2.70. The van der Waals surface area contributed by atoms with Crippen LogP contribution in [0.25, 0.3) is 0 Å². The third-order valence-corrected chi connectivity index (χ3v) is 4.68. The van der Waals surface area contributed by atoms with Crippen LogP contribution in [0.15, 0.2) is 24.7 Å². The molecule has 2 aromatic rings. The lowest BCUT2D eigenvalue weighted by Crippen LogP contribution is -2.46. The zero-order chi connectivity index (χ0) is 16.5. The summed E-state index contributed by atoms with van der Waals surface area (Å²) >= 11 is 0. The highest BCUT2D eigenvalue weighted by Crippen LogP contribution is 2.34. The Morgan fingerprint density at radius 2 is 2.00 bits per heavy atom. The third-order valence-electron chi connectivity index (χ3n) is 4.68. The Balaban J connectivity index is 1.58. The molecule has 4 heterocycles. The number of carbonyl (C=O) groups excluding carboxylic acids is 1. The molecule has 1 atom stereocenters. The highest BCUT2D eigenvalue weighted by atomic mass is 16.2. The maximum absolute atomic E-state index is 12.6. The Bertz CT molecular complexity index is 744. The molecule has 0 radical (unpaired) electrons. The lowest BCUT2D eigenvalue weighted by molar-refractivity contribution is 0.0443. The van der Waals surface area contributed by atoms with Crippen molar-refractivity contribution in [2.45, 2.75) is 32.2 Å². The van der Waals surface area contributed by atoms with Crippen LogP contribution in [0.4, 0.5) is 5.82 Å². The van der Waals surface area contributed by atoms with E-state index in [-0.39, 0.29) is 11.9 Å². The molecule has 2 saturated heterocycles. The van der Waals surface area contributed by atoms with E-state index in [9.17, 15) is 4.79 Å². The Labute approximate surface area is 140 Å². The van der Waals surface area contributed by atoms with Crippen molar-refractivity contribution in [2.75, 3.05) is 24.5 Å². The summed E-state index contributed by atoms with van der Waals surface area (Å²) in [5.41, 5.74) is 1.31. The first kappa shape index (κ1) is 15.0. The molecule has 0 spiro atoms. The molecule has 0 N–H and O–H groups in total. The molecule has 2 aliphatic heterocycles. The van der Waals surface area contributed by atoms with Gasteiger partial charge in [0.1, 0.15) is 17.3 Å². The number of aromatic nitrogens is 4. The fourth-order valence-corrected chi connectivity index (χ4v) is 3.35. The Morgan fingerprint density at radius 1 is 1.17 bits per heavy atom. The van der Waals surface area contributed by atoms with Crippen molar-refractivity contribution in [1.29, 1.82) is 0 Å². The van der Waals surface area contributed by atoms with Gasteiger partial charge in [-0.25, -0.2) is 15.0 Å². The smallest absolute Gasteiger partial charge is 0.274 e. The maximum atomic E-state index is 12.6. The fraction of sp³-hybridized carbons (Fsp3) is 0.471. The predicted molar refractivity (Wildman–Crippen MR) is 88.6 cm³/mol.